The van der Waals surface area contributed by atoms with E-state index in [-0.39, 0.29) is 6.04 Å². The number of para-hydroxylation sites is 2. The van der Waals surface area contributed by atoms with E-state index < -0.39 is 0 Å². The summed E-state index contributed by atoms with van der Waals surface area (Å²) in [6.45, 7) is 4.48. The van der Waals surface area contributed by atoms with Crippen LogP contribution in [-0.2, 0) is 0 Å². The van der Waals surface area contributed by atoms with Gasteiger partial charge in [-0.2, -0.15) is 0 Å². The molecule has 2 aliphatic rings. The maximum absolute atomic E-state index is 10.3. The van der Waals surface area contributed by atoms with Gasteiger partial charge >= 0.3 is 0 Å². The molecule has 2 heteroatoms. The zero-order valence-electron chi connectivity index (χ0n) is 13.7. The number of nitrogens with one attached hydrogen (secondary N) is 1. The molecule has 2 N–H and O–H groups in total. The summed E-state index contributed by atoms with van der Waals surface area (Å²) in [5.41, 5.74) is 5.04. The lowest BCUT2D eigenvalue weighted by atomic mass is 9.75. The number of hydrogen-bond acceptors (Lipinski definition) is 2. The van der Waals surface area contributed by atoms with Crippen LogP contribution < -0.4 is 5.32 Å². The molecular weight excluding hydrogens is 282 g/mol. The van der Waals surface area contributed by atoms with Crippen LogP contribution in [0, 0.1) is 5.92 Å². The molecule has 0 aromatic heterocycles. The van der Waals surface area contributed by atoms with Crippen LogP contribution in [0.4, 0.5) is 5.69 Å². The Morgan fingerprint density at radius 3 is 2.61 bits per heavy atom. The third-order valence-corrected chi connectivity index (χ3v) is 5.32. The highest BCUT2D eigenvalue weighted by Gasteiger charge is 2.39. The second-order valence-corrected chi connectivity index (χ2v) is 7.00. The fraction of sp³-hybridized carbons (Fsp3) is 0.333. The lowest BCUT2D eigenvalue weighted by Gasteiger charge is -2.39. The van der Waals surface area contributed by atoms with E-state index in [9.17, 15) is 5.11 Å². The van der Waals surface area contributed by atoms with Gasteiger partial charge in [0.15, 0.2) is 0 Å². The number of rotatable bonds is 2. The molecule has 23 heavy (non-hydrogen) atoms. The molecule has 0 saturated carbocycles. The Labute approximate surface area is 137 Å². The Balaban J connectivity index is 1.86. The van der Waals surface area contributed by atoms with Crippen LogP contribution in [0.1, 0.15) is 54.8 Å². The first-order chi connectivity index (χ1) is 11.2. The van der Waals surface area contributed by atoms with Gasteiger partial charge in [-0.05, 0) is 35.4 Å². The van der Waals surface area contributed by atoms with Crippen LogP contribution in [-0.4, -0.2) is 5.11 Å². The molecule has 0 saturated heterocycles. The molecule has 0 amide bonds. The first kappa shape index (κ1) is 14.4. The number of hydrogen-bond donors (Lipinski definition) is 2. The quantitative estimate of drug-likeness (QED) is 0.734. The molecule has 2 aromatic rings. The molecule has 0 radical (unpaired) electrons. The van der Waals surface area contributed by atoms with Gasteiger partial charge < -0.3 is 10.4 Å². The van der Waals surface area contributed by atoms with Crippen molar-refractivity contribution < 1.29 is 5.11 Å². The van der Waals surface area contributed by atoms with Crippen molar-refractivity contribution in [3.8, 4) is 5.75 Å². The Morgan fingerprint density at radius 2 is 1.83 bits per heavy atom. The molecule has 4 rings (SSSR count). The van der Waals surface area contributed by atoms with Gasteiger partial charge in [-0.15, -0.1) is 0 Å². The third kappa shape index (κ3) is 2.24. The molecule has 0 spiro atoms. The number of allylic oxidation sites excluding steroid dienone is 2. The predicted octanol–water partition coefficient (Wildman–Crippen LogP) is 5.34. The summed E-state index contributed by atoms with van der Waals surface area (Å²) < 4.78 is 0. The molecule has 0 bridgehead atoms. The zero-order chi connectivity index (χ0) is 16.0. The van der Waals surface area contributed by atoms with Crippen molar-refractivity contribution >= 4 is 5.69 Å². The van der Waals surface area contributed by atoms with E-state index in [4.69, 9.17) is 0 Å². The van der Waals surface area contributed by atoms with E-state index in [0.717, 1.165) is 12.0 Å². The smallest absolute Gasteiger partial charge is 0.120 e. The van der Waals surface area contributed by atoms with Gasteiger partial charge in [0.25, 0.3) is 0 Å². The molecule has 1 aliphatic carbocycles. The van der Waals surface area contributed by atoms with E-state index in [1.54, 1.807) is 6.07 Å². The SMILES string of the molecule is CC(C)c1cccc2c1NC(c1ccccc1O)C1CC=CC21. The average Bonchev–Trinajstić information content (AvgIpc) is 3.04. The molecule has 3 atom stereocenters. The summed E-state index contributed by atoms with van der Waals surface area (Å²) in [4.78, 5) is 0. The summed E-state index contributed by atoms with van der Waals surface area (Å²) >= 11 is 0. The predicted molar refractivity (Wildman–Crippen MR) is 95.0 cm³/mol. The number of fused-ring (bicyclic) bond motifs is 3. The van der Waals surface area contributed by atoms with Crippen molar-refractivity contribution in [2.75, 3.05) is 5.32 Å². The molecule has 1 heterocycles. The maximum Gasteiger partial charge on any atom is 0.120 e. The first-order valence-electron chi connectivity index (χ1n) is 8.50. The van der Waals surface area contributed by atoms with Gasteiger partial charge in [-0.3, -0.25) is 0 Å². The van der Waals surface area contributed by atoms with Gasteiger partial charge in [0.2, 0.25) is 0 Å². The summed E-state index contributed by atoms with van der Waals surface area (Å²) in [6, 6.07) is 14.5. The Kier molecular flexibility index (Phi) is 3.41. The minimum absolute atomic E-state index is 0.156. The molecule has 118 valence electrons. The lowest BCUT2D eigenvalue weighted by molar-refractivity contribution is 0.401. The topological polar surface area (TPSA) is 32.3 Å². The second-order valence-electron chi connectivity index (χ2n) is 7.00. The highest BCUT2D eigenvalue weighted by atomic mass is 16.3. The maximum atomic E-state index is 10.3. The number of benzene rings is 2. The summed E-state index contributed by atoms with van der Waals surface area (Å²) in [7, 11) is 0. The van der Waals surface area contributed by atoms with Gasteiger partial charge in [0, 0.05) is 17.2 Å². The standard InChI is InChI=1S/C21H23NO/c1-13(2)14-8-5-10-16-15-9-6-11-17(15)21(22-20(14)16)18-7-3-4-12-19(18)23/h3-10,12-13,15,17,21-23H,11H2,1-2H3. The zero-order valence-corrected chi connectivity index (χ0v) is 13.7. The summed E-state index contributed by atoms with van der Waals surface area (Å²) in [6.07, 6.45) is 5.70. The molecule has 1 aliphatic heterocycles. The van der Waals surface area contributed by atoms with Gasteiger partial charge in [-0.25, -0.2) is 0 Å². The van der Waals surface area contributed by atoms with E-state index in [2.05, 4.69) is 49.5 Å². The van der Waals surface area contributed by atoms with Crippen molar-refractivity contribution in [1.82, 2.24) is 0 Å². The van der Waals surface area contributed by atoms with Gasteiger partial charge in [-0.1, -0.05) is 62.4 Å². The Morgan fingerprint density at radius 1 is 1.04 bits per heavy atom. The molecule has 2 nitrogen and oxygen atoms in total. The van der Waals surface area contributed by atoms with Gasteiger partial charge in [0.1, 0.15) is 5.75 Å². The fourth-order valence-corrected chi connectivity index (χ4v) is 4.19. The molecule has 3 unspecified atom stereocenters. The van der Waals surface area contributed by atoms with Crippen molar-refractivity contribution in [3.63, 3.8) is 0 Å². The van der Waals surface area contributed by atoms with Crippen molar-refractivity contribution in [3.05, 3.63) is 71.3 Å². The Bertz CT molecular complexity index is 762. The van der Waals surface area contributed by atoms with Crippen molar-refractivity contribution in [2.45, 2.75) is 38.1 Å². The van der Waals surface area contributed by atoms with Crippen LogP contribution in [0.25, 0.3) is 0 Å². The Hall–Kier alpha value is -2.22. The minimum atomic E-state index is 0.156. The summed E-state index contributed by atoms with van der Waals surface area (Å²) in [5, 5.41) is 14.1. The number of phenolic OH excluding ortho intramolecular Hbond substituents is 1. The van der Waals surface area contributed by atoms with Crippen LogP contribution in [0.2, 0.25) is 0 Å². The number of phenols is 1. The molecular formula is C21H23NO. The van der Waals surface area contributed by atoms with E-state index in [0.29, 0.717) is 23.5 Å². The van der Waals surface area contributed by atoms with E-state index >= 15 is 0 Å². The largest absolute Gasteiger partial charge is 0.508 e. The normalized spacial score (nSPS) is 25.1. The number of anilines is 1. The van der Waals surface area contributed by atoms with Crippen LogP contribution in [0.15, 0.2) is 54.6 Å². The van der Waals surface area contributed by atoms with Crippen LogP contribution in [0.3, 0.4) is 0 Å². The van der Waals surface area contributed by atoms with Crippen LogP contribution >= 0.6 is 0 Å². The van der Waals surface area contributed by atoms with Crippen molar-refractivity contribution in [1.29, 1.82) is 0 Å². The van der Waals surface area contributed by atoms with Crippen molar-refractivity contribution in [2.24, 2.45) is 5.92 Å². The highest BCUT2D eigenvalue weighted by Crippen LogP contribution is 2.52. The molecule has 2 aromatic carbocycles. The van der Waals surface area contributed by atoms with E-state index in [1.165, 1.54) is 16.8 Å². The van der Waals surface area contributed by atoms with Gasteiger partial charge in [0.05, 0.1) is 6.04 Å². The average molecular weight is 305 g/mol. The van der Waals surface area contributed by atoms with E-state index in [1.807, 2.05) is 18.2 Å². The highest BCUT2D eigenvalue weighted by molar-refractivity contribution is 5.65. The number of aromatic hydroxyl groups is 1. The van der Waals surface area contributed by atoms with Crippen LogP contribution in [0.5, 0.6) is 5.75 Å². The fourth-order valence-electron chi connectivity index (χ4n) is 4.19. The summed E-state index contributed by atoms with van der Waals surface area (Å²) in [5.74, 6) is 1.78. The second kappa shape index (κ2) is 5.45. The first-order valence-corrected chi connectivity index (χ1v) is 8.50. The monoisotopic (exact) mass is 305 g/mol. The molecule has 0 fully saturated rings. The minimum Gasteiger partial charge on any atom is -0.508 e. The lowest BCUT2D eigenvalue weighted by Crippen LogP contribution is -2.30. The third-order valence-electron chi connectivity index (χ3n) is 5.32.